The molecular weight excluding hydrogens is 172 g/mol. The zero-order valence-corrected chi connectivity index (χ0v) is 8.69. The number of rotatable bonds is 5. The highest BCUT2D eigenvalue weighted by Gasteiger charge is 2.10. The minimum Gasteiger partial charge on any atom is -0.448 e. The molecule has 2 unspecified atom stereocenters. The Labute approximate surface area is 78.4 Å². The zero-order chi connectivity index (χ0) is 9.56. The van der Waals surface area contributed by atoms with Crippen molar-refractivity contribution in [1.82, 2.24) is 0 Å². The third-order valence-electron chi connectivity index (χ3n) is 1.45. The molecule has 0 fully saturated rings. The molecule has 2 nitrogen and oxygen atoms in total. The monoisotopic (exact) mass is 188 g/mol. The maximum absolute atomic E-state index is 10.7. The van der Waals surface area contributed by atoms with Crippen LogP contribution >= 0.6 is 11.8 Å². The molecule has 0 aliphatic rings. The van der Waals surface area contributed by atoms with Gasteiger partial charge in [0.15, 0.2) is 0 Å². The summed E-state index contributed by atoms with van der Waals surface area (Å²) >= 11 is 1.65. The van der Waals surface area contributed by atoms with Crippen LogP contribution in [0.4, 0.5) is 0 Å². The Morgan fingerprint density at radius 1 is 1.67 bits per heavy atom. The van der Waals surface area contributed by atoms with Crippen molar-refractivity contribution in [1.29, 1.82) is 0 Å². The van der Waals surface area contributed by atoms with Crippen LogP contribution in [0, 0.1) is 0 Å². The topological polar surface area (TPSA) is 26.3 Å². The van der Waals surface area contributed by atoms with Crippen molar-refractivity contribution >= 4 is 17.7 Å². The van der Waals surface area contributed by atoms with E-state index in [4.69, 9.17) is 4.74 Å². The summed E-state index contributed by atoms with van der Waals surface area (Å²) in [4.78, 5) is 10.7. The minimum absolute atomic E-state index is 0.0783. The lowest BCUT2D eigenvalue weighted by Crippen LogP contribution is -2.12. The van der Waals surface area contributed by atoms with Crippen LogP contribution in [0.2, 0.25) is 0 Å². The van der Waals surface area contributed by atoms with Crippen LogP contribution in [0.15, 0.2) is 12.7 Å². The smallest absolute Gasteiger partial charge is 0.331 e. The Morgan fingerprint density at radius 2 is 2.25 bits per heavy atom. The van der Waals surface area contributed by atoms with E-state index in [2.05, 4.69) is 20.4 Å². The first-order valence-electron chi connectivity index (χ1n) is 4.08. The summed E-state index contributed by atoms with van der Waals surface area (Å²) in [7, 11) is 0. The van der Waals surface area contributed by atoms with Gasteiger partial charge in [-0.05, 0) is 13.3 Å². The number of ether oxygens (including phenoxy) is 1. The van der Waals surface area contributed by atoms with Gasteiger partial charge in [0.05, 0.1) is 0 Å². The molecular formula is C9H16O2S. The third-order valence-corrected chi connectivity index (χ3v) is 2.73. The first-order valence-corrected chi connectivity index (χ1v) is 5.03. The first-order chi connectivity index (χ1) is 5.60. The summed E-state index contributed by atoms with van der Waals surface area (Å²) in [6.45, 7) is 9.43. The second-order valence-electron chi connectivity index (χ2n) is 2.56. The fourth-order valence-electron chi connectivity index (χ4n) is 0.663. The molecule has 0 saturated carbocycles. The largest absolute Gasteiger partial charge is 0.448 e. The highest BCUT2D eigenvalue weighted by molar-refractivity contribution is 8.00. The molecule has 0 radical (unpaired) electrons. The molecule has 0 amide bonds. The fraction of sp³-hybridized carbons (Fsp3) is 0.667. The van der Waals surface area contributed by atoms with Gasteiger partial charge in [0.25, 0.3) is 0 Å². The van der Waals surface area contributed by atoms with Gasteiger partial charge in [-0.2, -0.15) is 0 Å². The molecule has 70 valence electrons. The molecule has 0 aliphatic heterocycles. The quantitative estimate of drug-likeness (QED) is 0.377. The lowest BCUT2D eigenvalue weighted by atomic mass is 10.4. The van der Waals surface area contributed by atoms with Crippen molar-refractivity contribution in [2.75, 3.05) is 0 Å². The Hall–Kier alpha value is -0.440. The van der Waals surface area contributed by atoms with Gasteiger partial charge in [-0.15, -0.1) is 11.8 Å². The van der Waals surface area contributed by atoms with Gasteiger partial charge >= 0.3 is 5.97 Å². The average Bonchev–Trinajstić information content (AvgIpc) is 2.03. The van der Waals surface area contributed by atoms with E-state index in [-0.39, 0.29) is 11.4 Å². The van der Waals surface area contributed by atoms with Gasteiger partial charge in [-0.3, -0.25) is 0 Å². The van der Waals surface area contributed by atoms with Crippen LogP contribution in [0.1, 0.15) is 27.2 Å². The van der Waals surface area contributed by atoms with Crippen LogP contribution in [-0.2, 0) is 9.53 Å². The number of carbonyl (C=O) groups excluding carboxylic acids is 1. The molecule has 0 N–H and O–H groups in total. The molecule has 0 spiro atoms. The van der Waals surface area contributed by atoms with Gasteiger partial charge in [-0.25, -0.2) is 4.79 Å². The number of hydrogen-bond donors (Lipinski definition) is 0. The van der Waals surface area contributed by atoms with E-state index < -0.39 is 0 Å². The highest BCUT2D eigenvalue weighted by atomic mass is 32.2. The summed E-state index contributed by atoms with van der Waals surface area (Å²) in [5.74, 6) is -0.349. The SMILES string of the molecule is C=CC(=O)OC(C)SC(C)CC. The van der Waals surface area contributed by atoms with Gasteiger partial charge in [0, 0.05) is 11.3 Å². The van der Waals surface area contributed by atoms with Crippen LogP contribution in [0.3, 0.4) is 0 Å². The van der Waals surface area contributed by atoms with E-state index in [0.717, 1.165) is 6.42 Å². The number of carbonyl (C=O) groups is 1. The van der Waals surface area contributed by atoms with E-state index in [0.29, 0.717) is 5.25 Å². The Bertz CT molecular complexity index is 157. The molecule has 0 bridgehead atoms. The molecule has 0 aromatic carbocycles. The van der Waals surface area contributed by atoms with Crippen LogP contribution < -0.4 is 0 Å². The first kappa shape index (κ1) is 11.6. The van der Waals surface area contributed by atoms with Crippen molar-refractivity contribution < 1.29 is 9.53 Å². The van der Waals surface area contributed by atoms with Crippen molar-refractivity contribution in [3.63, 3.8) is 0 Å². The molecule has 0 saturated heterocycles. The molecule has 3 heteroatoms. The summed E-state index contributed by atoms with van der Waals surface area (Å²) < 4.78 is 4.98. The molecule has 0 heterocycles. The maximum atomic E-state index is 10.7. The van der Waals surface area contributed by atoms with E-state index in [1.54, 1.807) is 11.8 Å². The number of hydrogen-bond acceptors (Lipinski definition) is 3. The molecule has 12 heavy (non-hydrogen) atoms. The summed E-state index contributed by atoms with van der Waals surface area (Å²) in [6, 6.07) is 0. The fourth-order valence-corrected chi connectivity index (χ4v) is 1.66. The van der Waals surface area contributed by atoms with Crippen molar-refractivity contribution in [2.45, 2.75) is 37.9 Å². The third kappa shape index (κ3) is 5.24. The Balaban J connectivity index is 3.65. The van der Waals surface area contributed by atoms with E-state index in [1.165, 1.54) is 6.08 Å². The summed E-state index contributed by atoms with van der Waals surface area (Å²) in [5.41, 5.74) is -0.0783. The van der Waals surface area contributed by atoms with Gasteiger partial charge in [-0.1, -0.05) is 20.4 Å². The predicted molar refractivity (Wildman–Crippen MR) is 53.1 cm³/mol. The number of thioether (sulfide) groups is 1. The lowest BCUT2D eigenvalue weighted by molar-refractivity contribution is -0.138. The van der Waals surface area contributed by atoms with Gasteiger partial charge in [0.2, 0.25) is 0 Å². The van der Waals surface area contributed by atoms with Gasteiger partial charge < -0.3 is 4.74 Å². The average molecular weight is 188 g/mol. The van der Waals surface area contributed by atoms with E-state index in [9.17, 15) is 4.79 Å². The molecule has 0 aromatic rings. The summed E-state index contributed by atoms with van der Waals surface area (Å²) in [5, 5.41) is 0.526. The summed E-state index contributed by atoms with van der Waals surface area (Å²) in [6.07, 6.45) is 2.27. The van der Waals surface area contributed by atoms with Crippen LogP contribution in [-0.4, -0.2) is 16.7 Å². The molecule has 0 aromatic heterocycles. The van der Waals surface area contributed by atoms with Crippen LogP contribution in [0.5, 0.6) is 0 Å². The highest BCUT2D eigenvalue weighted by Crippen LogP contribution is 2.20. The number of esters is 1. The van der Waals surface area contributed by atoms with Gasteiger partial charge in [0.1, 0.15) is 5.44 Å². The Morgan fingerprint density at radius 3 is 2.67 bits per heavy atom. The zero-order valence-electron chi connectivity index (χ0n) is 7.87. The second kappa shape index (κ2) is 6.12. The van der Waals surface area contributed by atoms with Crippen molar-refractivity contribution in [3.05, 3.63) is 12.7 Å². The maximum Gasteiger partial charge on any atom is 0.331 e. The van der Waals surface area contributed by atoms with Crippen molar-refractivity contribution in [3.8, 4) is 0 Å². The molecule has 0 aliphatic carbocycles. The van der Waals surface area contributed by atoms with E-state index >= 15 is 0 Å². The predicted octanol–water partition coefficient (Wildman–Crippen LogP) is 2.59. The van der Waals surface area contributed by atoms with Crippen LogP contribution in [0.25, 0.3) is 0 Å². The molecule has 0 rings (SSSR count). The normalized spacial score (nSPS) is 14.9. The second-order valence-corrected chi connectivity index (χ2v) is 4.30. The minimum atomic E-state index is -0.349. The standard InChI is InChI=1S/C9H16O2S/c1-5-7(3)12-8(4)11-9(10)6-2/h6-8H,2,5H2,1,3-4H3. The Kier molecular flexibility index (Phi) is 5.89. The van der Waals surface area contributed by atoms with E-state index in [1.807, 2.05) is 6.92 Å². The van der Waals surface area contributed by atoms with Crippen molar-refractivity contribution in [2.24, 2.45) is 0 Å². The lowest BCUT2D eigenvalue weighted by Gasteiger charge is -2.15. The molecule has 2 atom stereocenters.